The minimum Gasteiger partial charge on any atom is -0.394 e. The number of carbonyl (C=O) groups is 2. The first-order valence-corrected chi connectivity index (χ1v) is 10.0. The third-order valence-corrected chi connectivity index (χ3v) is 5.77. The van der Waals surface area contributed by atoms with E-state index in [0.717, 1.165) is 18.4 Å². The van der Waals surface area contributed by atoms with Crippen LogP contribution in [0, 0.1) is 0 Å². The molecule has 28 heavy (non-hydrogen) atoms. The molecular formula is C22H31N3O3. The molecule has 3 atom stereocenters. The van der Waals surface area contributed by atoms with Gasteiger partial charge in [0.15, 0.2) is 0 Å². The van der Waals surface area contributed by atoms with Crippen molar-refractivity contribution >= 4 is 17.4 Å². The van der Waals surface area contributed by atoms with Crippen LogP contribution in [-0.4, -0.2) is 72.6 Å². The SMILES string of the molecule is CC(=O)N1[C@H](CO)[C@@H](c2ccc(C3=CCCC3)cc2)[C@@H]1CNC(=O)CN(C)C. The number of amides is 2. The van der Waals surface area contributed by atoms with Gasteiger partial charge in [0, 0.05) is 19.4 Å². The molecule has 6 nitrogen and oxygen atoms in total. The van der Waals surface area contributed by atoms with E-state index in [1.54, 1.807) is 4.90 Å². The molecule has 2 amide bonds. The van der Waals surface area contributed by atoms with Crippen LogP contribution in [0.2, 0.25) is 0 Å². The number of hydrogen-bond donors (Lipinski definition) is 2. The van der Waals surface area contributed by atoms with Crippen molar-refractivity contribution in [1.29, 1.82) is 0 Å². The molecule has 2 aliphatic rings. The molecule has 0 radical (unpaired) electrons. The Balaban J connectivity index is 1.75. The molecule has 1 aromatic carbocycles. The lowest BCUT2D eigenvalue weighted by Gasteiger charge is -2.54. The Morgan fingerprint density at radius 2 is 1.93 bits per heavy atom. The average molecular weight is 386 g/mol. The number of nitrogens with zero attached hydrogens (tertiary/aromatic N) is 2. The third-order valence-electron chi connectivity index (χ3n) is 5.77. The molecule has 1 heterocycles. The van der Waals surface area contributed by atoms with Crippen LogP contribution in [0.3, 0.4) is 0 Å². The number of likely N-dealkylation sites (N-methyl/N-ethyl adjacent to an activating group) is 1. The summed E-state index contributed by atoms with van der Waals surface area (Å²) in [6.07, 6.45) is 5.79. The third kappa shape index (κ3) is 4.28. The first-order valence-electron chi connectivity index (χ1n) is 10.0. The number of likely N-dealkylation sites (tertiary alicyclic amines) is 1. The van der Waals surface area contributed by atoms with Crippen LogP contribution < -0.4 is 5.32 Å². The van der Waals surface area contributed by atoms with Crippen molar-refractivity contribution in [2.45, 2.75) is 44.2 Å². The second kappa shape index (κ2) is 8.88. The van der Waals surface area contributed by atoms with Crippen molar-refractivity contribution in [3.05, 3.63) is 41.5 Å². The predicted octanol–water partition coefficient (Wildman–Crippen LogP) is 1.61. The van der Waals surface area contributed by atoms with E-state index >= 15 is 0 Å². The number of hydrogen-bond acceptors (Lipinski definition) is 4. The van der Waals surface area contributed by atoms with E-state index in [1.807, 2.05) is 19.0 Å². The van der Waals surface area contributed by atoms with E-state index in [0.29, 0.717) is 13.1 Å². The van der Waals surface area contributed by atoms with Crippen LogP contribution >= 0.6 is 0 Å². The van der Waals surface area contributed by atoms with Crippen LogP contribution in [0.5, 0.6) is 0 Å². The number of nitrogens with one attached hydrogen (secondary N) is 1. The van der Waals surface area contributed by atoms with Crippen molar-refractivity contribution in [2.75, 3.05) is 33.8 Å². The molecule has 152 valence electrons. The van der Waals surface area contributed by atoms with Crippen LogP contribution in [0.1, 0.15) is 43.2 Å². The van der Waals surface area contributed by atoms with Gasteiger partial charge < -0.3 is 20.2 Å². The van der Waals surface area contributed by atoms with Gasteiger partial charge in [-0.15, -0.1) is 0 Å². The molecule has 3 rings (SSSR count). The molecular weight excluding hydrogens is 354 g/mol. The highest BCUT2D eigenvalue weighted by Crippen LogP contribution is 2.41. The quantitative estimate of drug-likeness (QED) is 0.748. The van der Waals surface area contributed by atoms with E-state index in [2.05, 4.69) is 35.7 Å². The van der Waals surface area contributed by atoms with Crippen LogP contribution in [0.15, 0.2) is 30.3 Å². The fourth-order valence-corrected chi connectivity index (χ4v) is 4.50. The van der Waals surface area contributed by atoms with E-state index < -0.39 is 0 Å². The van der Waals surface area contributed by atoms with Gasteiger partial charge in [-0.1, -0.05) is 30.3 Å². The number of carbonyl (C=O) groups excluding carboxylic acids is 2. The molecule has 0 bridgehead atoms. The van der Waals surface area contributed by atoms with E-state index in [9.17, 15) is 14.7 Å². The summed E-state index contributed by atoms with van der Waals surface area (Å²) in [5.74, 6) is -0.127. The number of allylic oxidation sites excluding steroid dienone is 2. The van der Waals surface area contributed by atoms with Gasteiger partial charge in [-0.05, 0) is 50.1 Å². The van der Waals surface area contributed by atoms with Gasteiger partial charge in [-0.3, -0.25) is 9.59 Å². The van der Waals surface area contributed by atoms with Gasteiger partial charge in [0.05, 0.1) is 25.2 Å². The van der Waals surface area contributed by atoms with E-state index in [4.69, 9.17) is 0 Å². The van der Waals surface area contributed by atoms with Gasteiger partial charge in [-0.2, -0.15) is 0 Å². The Hall–Kier alpha value is -2.18. The molecule has 1 aliphatic heterocycles. The molecule has 0 unspecified atom stereocenters. The summed E-state index contributed by atoms with van der Waals surface area (Å²) in [6.45, 7) is 2.13. The summed E-state index contributed by atoms with van der Waals surface area (Å²) in [5.41, 5.74) is 3.75. The summed E-state index contributed by atoms with van der Waals surface area (Å²) < 4.78 is 0. The van der Waals surface area contributed by atoms with Gasteiger partial charge in [0.1, 0.15) is 0 Å². The largest absolute Gasteiger partial charge is 0.394 e. The maximum absolute atomic E-state index is 12.1. The summed E-state index contributed by atoms with van der Waals surface area (Å²) in [7, 11) is 3.69. The maximum atomic E-state index is 12.1. The normalized spacial score (nSPS) is 24.1. The molecule has 0 aromatic heterocycles. The zero-order chi connectivity index (χ0) is 20.3. The Morgan fingerprint density at radius 3 is 2.46 bits per heavy atom. The van der Waals surface area contributed by atoms with Crippen molar-refractivity contribution in [2.24, 2.45) is 0 Å². The van der Waals surface area contributed by atoms with E-state index in [-0.39, 0.29) is 36.4 Å². The van der Waals surface area contributed by atoms with Crippen molar-refractivity contribution in [3.63, 3.8) is 0 Å². The topological polar surface area (TPSA) is 72.9 Å². The number of rotatable bonds is 7. The highest BCUT2D eigenvalue weighted by molar-refractivity contribution is 5.79. The fraction of sp³-hybridized carbons (Fsp3) is 0.545. The zero-order valence-electron chi connectivity index (χ0n) is 17.0. The van der Waals surface area contributed by atoms with Crippen LogP contribution in [0.25, 0.3) is 5.57 Å². The molecule has 1 aromatic rings. The molecule has 1 fully saturated rings. The Labute approximate surface area is 167 Å². The lowest BCUT2D eigenvalue weighted by molar-refractivity contribution is -0.148. The van der Waals surface area contributed by atoms with Gasteiger partial charge in [-0.25, -0.2) is 0 Å². The second-order valence-corrected chi connectivity index (χ2v) is 8.05. The maximum Gasteiger partial charge on any atom is 0.234 e. The van der Waals surface area contributed by atoms with Crippen molar-refractivity contribution < 1.29 is 14.7 Å². The van der Waals surface area contributed by atoms with E-state index in [1.165, 1.54) is 24.5 Å². The van der Waals surface area contributed by atoms with Crippen LogP contribution in [0.4, 0.5) is 0 Å². The first-order chi connectivity index (χ1) is 13.4. The van der Waals surface area contributed by atoms with Crippen molar-refractivity contribution in [1.82, 2.24) is 15.1 Å². The summed E-state index contributed by atoms with van der Waals surface area (Å²) in [4.78, 5) is 27.7. The molecule has 0 saturated carbocycles. The second-order valence-electron chi connectivity index (χ2n) is 8.05. The van der Waals surface area contributed by atoms with Gasteiger partial charge in [0.25, 0.3) is 0 Å². The summed E-state index contributed by atoms with van der Waals surface area (Å²) in [6, 6.07) is 8.10. The lowest BCUT2D eigenvalue weighted by Crippen LogP contribution is -2.68. The average Bonchev–Trinajstić information content (AvgIpc) is 3.15. The number of aliphatic hydroxyl groups is 1. The molecule has 1 saturated heterocycles. The highest BCUT2D eigenvalue weighted by atomic mass is 16.3. The number of benzene rings is 1. The fourth-order valence-electron chi connectivity index (χ4n) is 4.50. The summed E-state index contributed by atoms with van der Waals surface area (Å²) in [5, 5.41) is 12.8. The first kappa shape index (κ1) is 20.6. The molecule has 2 N–H and O–H groups in total. The zero-order valence-corrected chi connectivity index (χ0v) is 17.0. The smallest absolute Gasteiger partial charge is 0.234 e. The molecule has 6 heteroatoms. The molecule has 0 spiro atoms. The minimum absolute atomic E-state index is 0.0140. The monoisotopic (exact) mass is 385 g/mol. The Bertz CT molecular complexity index is 742. The summed E-state index contributed by atoms with van der Waals surface area (Å²) >= 11 is 0. The molecule has 1 aliphatic carbocycles. The highest BCUT2D eigenvalue weighted by Gasteiger charge is 2.49. The van der Waals surface area contributed by atoms with Gasteiger partial charge >= 0.3 is 0 Å². The Morgan fingerprint density at radius 1 is 1.21 bits per heavy atom. The predicted molar refractivity (Wildman–Crippen MR) is 110 cm³/mol. The number of aliphatic hydroxyl groups excluding tert-OH is 1. The van der Waals surface area contributed by atoms with Gasteiger partial charge in [0.2, 0.25) is 11.8 Å². The lowest BCUT2D eigenvalue weighted by atomic mass is 9.74. The van der Waals surface area contributed by atoms with Crippen molar-refractivity contribution in [3.8, 4) is 0 Å². The van der Waals surface area contributed by atoms with Crippen LogP contribution in [-0.2, 0) is 9.59 Å². The minimum atomic E-state index is -0.246. The standard InChI is InChI=1S/C22H31N3O3/c1-15(27)25-19(12-23-21(28)13-24(2)3)22(20(25)14-26)18-10-8-17(9-11-18)16-6-4-5-7-16/h6,8-11,19-20,22,26H,4-5,7,12-14H2,1-3H3,(H,23,28)/t19-,20+,22-/m0/s1. The Kier molecular flexibility index (Phi) is 6.52.